The maximum atomic E-state index is 12.5. The van der Waals surface area contributed by atoms with Gasteiger partial charge in [-0.1, -0.05) is 11.3 Å². The van der Waals surface area contributed by atoms with Gasteiger partial charge in [-0.15, -0.1) is 0 Å². The lowest BCUT2D eigenvalue weighted by Crippen LogP contribution is -2.50. The van der Waals surface area contributed by atoms with E-state index in [2.05, 4.69) is 23.7 Å². The molecule has 0 aliphatic carbocycles. The largest absolute Gasteiger partial charge is 0.375 e. The Morgan fingerprint density at radius 1 is 1.26 bits per heavy atom. The minimum Gasteiger partial charge on any atom is -0.375 e. The van der Waals surface area contributed by atoms with Gasteiger partial charge >= 0.3 is 0 Å². The van der Waals surface area contributed by atoms with Gasteiger partial charge in [-0.3, -0.25) is 4.90 Å². The number of hydrogen-bond acceptors (Lipinski definition) is 6. The molecule has 1 aromatic rings. The third kappa shape index (κ3) is 2.91. The zero-order chi connectivity index (χ0) is 14.2. The Labute approximate surface area is 118 Å². The first kappa shape index (κ1) is 14.7. The second-order valence-corrected chi connectivity index (χ2v) is 8.12. The van der Waals surface area contributed by atoms with Gasteiger partial charge in [-0.05, 0) is 20.8 Å². The number of aryl methyl sites for hydroxylation is 1. The topological polar surface area (TPSA) is 79.5 Å². The summed E-state index contributed by atoms with van der Waals surface area (Å²) in [4.78, 5) is 6.27. The van der Waals surface area contributed by atoms with Gasteiger partial charge in [-0.2, -0.15) is 4.31 Å². The Kier molecular flexibility index (Phi) is 4.14. The van der Waals surface area contributed by atoms with Crippen molar-refractivity contribution in [3.8, 4) is 0 Å². The van der Waals surface area contributed by atoms with Crippen LogP contribution in [0.4, 0.5) is 5.13 Å². The first-order valence-electron chi connectivity index (χ1n) is 6.29. The molecule has 19 heavy (non-hydrogen) atoms. The summed E-state index contributed by atoms with van der Waals surface area (Å²) in [5, 5.41) is 0.303. The minimum absolute atomic E-state index is 0.281. The van der Waals surface area contributed by atoms with Gasteiger partial charge in [-0.25, -0.2) is 13.4 Å². The molecule has 0 bridgehead atoms. The molecule has 0 amide bonds. The van der Waals surface area contributed by atoms with Crippen LogP contribution in [0.15, 0.2) is 4.21 Å². The first-order valence-corrected chi connectivity index (χ1v) is 8.55. The molecule has 0 atom stereocenters. The van der Waals surface area contributed by atoms with Gasteiger partial charge in [0.05, 0.1) is 5.69 Å². The lowest BCUT2D eigenvalue weighted by molar-refractivity contribution is 0.154. The summed E-state index contributed by atoms with van der Waals surface area (Å²) in [6, 6.07) is 0.450. The summed E-state index contributed by atoms with van der Waals surface area (Å²) in [7, 11) is -3.44. The van der Waals surface area contributed by atoms with Crippen LogP contribution in [0.2, 0.25) is 0 Å². The molecular weight excluding hydrogens is 284 g/mol. The molecule has 8 heteroatoms. The lowest BCUT2D eigenvalue weighted by Gasteiger charge is -2.35. The van der Waals surface area contributed by atoms with Crippen LogP contribution in [0.25, 0.3) is 0 Å². The zero-order valence-electron chi connectivity index (χ0n) is 11.5. The maximum Gasteiger partial charge on any atom is 0.254 e. The molecule has 0 unspecified atom stereocenters. The molecule has 6 nitrogen and oxygen atoms in total. The molecule has 2 rings (SSSR count). The van der Waals surface area contributed by atoms with Crippen LogP contribution in [-0.2, 0) is 10.0 Å². The van der Waals surface area contributed by atoms with E-state index < -0.39 is 10.0 Å². The highest BCUT2D eigenvalue weighted by Crippen LogP contribution is 2.28. The molecule has 1 aliphatic heterocycles. The molecular formula is C11H20N4O2S2. The van der Waals surface area contributed by atoms with Crippen LogP contribution in [0.3, 0.4) is 0 Å². The van der Waals surface area contributed by atoms with Crippen LogP contribution in [0, 0.1) is 6.92 Å². The normalized spacial score (nSPS) is 19.2. The Bertz CT molecular complexity index is 545. The van der Waals surface area contributed by atoms with Gasteiger partial charge in [0.25, 0.3) is 10.0 Å². The molecule has 2 heterocycles. The average Bonchev–Trinajstić information content (AvgIpc) is 2.69. The van der Waals surface area contributed by atoms with E-state index in [1.807, 2.05) is 0 Å². The number of thiazole rings is 1. The van der Waals surface area contributed by atoms with E-state index in [0.29, 0.717) is 30.0 Å². The highest BCUT2D eigenvalue weighted by atomic mass is 32.2. The van der Waals surface area contributed by atoms with Gasteiger partial charge in [0.1, 0.15) is 0 Å². The van der Waals surface area contributed by atoms with E-state index in [1.165, 1.54) is 4.31 Å². The number of sulfonamides is 1. The Morgan fingerprint density at radius 2 is 1.84 bits per heavy atom. The SMILES string of the molecule is Cc1nc(N)sc1S(=O)(=O)N1CCN(C(C)C)CC1. The van der Waals surface area contributed by atoms with Gasteiger partial charge in [0, 0.05) is 32.2 Å². The summed E-state index contributed by atoms with van der Waals surface area (Å²) in [5.74, 6) is 0. The standard InChI is InChI=1S/C11H20N4O2S2/c1-8(2)14-4-6-15(7-5-14)19(16,17)10-9(3)13-11(12)18-10/h8H,4-7H2,1-3H3,(H2,12,13). The lowest BCUT2D eigenvalue weighted by atomic mass is 10.3. The second-order valence-electron chi connectivity index (χ2n) is 4.96. The highest BCUT2D eigenvalue weighted by molar-refractivity contribution is 7.91. The fourth-order valence-electron chi connectivity index (χ4n) is 2.22. The average molecular weight is 304 g/mol. The summed E-state index contributed by atoms with van der Waals surface area (Å²) in [5.41, 5.74) is 6.08. The van der Waals surface area contributed by atoms with Crippen molar-refractivity contribution in [2.24, 2.45) is 0 Å². The minimum atomic E-state index is -3.44. The number of rotatable bonds is 3. The predicted octanol–water partition coefficient (Wildman–Crippen LogP) is 0.748. The predicted molar refractivity (Wildman–Crippen MR) is 76.7 cm³/mol. The number of aromatic nitrogens is 1. The van der Waals surface area contributed by atoms with Crippen molar-refractivity contribution in [1.82, 2.24) is 14.2 Å². The third-order valence-electron chi connectivity index (χ3n) is 3.35. The van der Waals surface area contributed by atoms with Crippen LogP contribution in [0.1, 0.15) is 19.5 Å². The van der Waals surface area contributed by atoms with Crippen molar-refractivity contribution in [2.45, 2.75) is 31.0 Å². The van der Waals surface area contributed by atoms with E-state index in [9.17, 15) is 8.42 Å². The van der Waals surface area contributed by atoms with E-state index in [-0.39, 0.29) is 4.21 Å². The Morgan fingerprint density at radius 3 is 2.26 bits per heavy atom. The molecule has 0 saturated carbocycles. The number of nitrogens with zero attached hydrogens (tertiary/aromatic N) is 3. The van der Waals surface area contributed by atoms with Crippen LogP contribution >= 0.6 is 11.3 Å². The molecule has 108 valence electrons. The first-order chi connectivity index (χ1) is 8.82. The molecule has 0 spiro atoms. The second kappa shape index (κ2) is 5.35. The quantitative estimate of drug-likeness (QED) is 0.891. The van der Waals surface area contributed by atoms with Crippen molar-refractivity contribution in [3.05, 3.63) is 5.69 Å². The molecule has 0 radical (unpaired) electrons. The number of anilines is 1. The van der Waals surface area contributed by atoms with E-state index in [1.54, 1.807) is 6.92 Å². The highest BCUT2D eigenvalue weighted by Gasteiger charge is 2.32. The molecule has 1 aliphatic rings. The van der Waals surface area contributed by atoms with E-state index >= 15 is 0 Å². The van der Waals surface area contributed by atoms with Gasteiger partial charge in [0.2, 0.25) is 0 Å². The monoisotopic (exact) mass is 304 g/mol. The number of hydrogen-bond donors (Lipinski definition) is 1. The fourth-order valence-corrected chi connectivity index (χ4v) is 5.08. The summed E-state index contributed by atoms with van der Waals surface area (Å²) >= 11 is 1.05. The van der Waals surface area contributed by atoms with Gasteiger partial charge in [0.15, 0.2) is 9.34 Å². The number of nitrogens with two attached hydrogens (primary N) is 1. The van der Waals surface area contributed by atoms with E-state index in [0.717, 1.165) is 24.4 Å². The van der Waals surface area contributed by atoms with Crippen molar-refractivity contribution >= 4 is 26.5 Å². The smallest absolute Gasteiger partial charge is 0.254 e. The molecule has 1 saturated heterocycles. The zero-order valence-corrected chi connectivity index (χ0v) is 13.1. The molecule has 0 aromatic carbocycles. The van der Waals surface area contributed by atoms with Crippen LogP contribution < -0.4 is 5.73 Å². The van der Waals surface area contributed by atoms with Crippen molar-refractivity contribution in [1.29, 1.82) is 0 Å². The van der Waals surface area contributed by atoms with Crippen molar-refractivity contribution < 1.29 is 8.42 Å². The summed E-state index contributed by atoms with van der Waals surface area (Å²) in [6.07, 6.45) is 0. The molecule has 1 aromatic heterocycles. The van der Waals surface area contributed by atoms with Crippen molar-refractivity contribution in [2.75, 3.05) is 31.9 Å². The Balaban J connectivity index is 2.16. The van der Waals surface area contributed by atoms with Crippen molar-refractivity contribution in [3.63, 3.8) is 0 Å². The number of nitrogen functional groups attached to an aromatic ring is 1. The molecule has 1 fully saturated rings. The molecule has 2 N–H and O–H groups in total. The summed E-state index contributed by atoms with van der Waals surface area (Å²) < 4.78 is 26.9. The van der Waals surface area contributed by atoms with Crippen LogP contribution in [-0.4, -0.2) is 54.8 Å². The van der Waals surface area contributed by atoms with Crippen LogP contribution in [0.5, 0.6) is 0 Å². The fraction of sp³-hybridized carbons (Fsp3) is 0.727. The summed E-state index contributed by atoms with van der Waals surface area (Å²) in [6.45, 7) is 8.52. The number of piperazine rings is 1. The third-order valence-corrected chi connectivity index (χ3v) is 6.82. The Hall–Kier alpha value is -0.700. The van der Waals surface area contributed by atoms with Gasteiger partial charge < -0.3 is 5.73 Å². The maximum absolute atomic E-state index is 12.5. The van der Waals surface area contributed by atoms with E-state index in [4.69, 9.17) is 5.73 Å².